The van der Waals surface area contributed by atoms with E-state index in [9.17, 15) is 14.4 Å². The largest absolute Gasteiger partial charge is 0.480 e. The van der Waals surface area contributed by atoms with Crippen molar-refractivity contribution in [1.82, 2.24) is 4.90 Å². The number of carboxylic acid groups (broad SMARTS) is 1. The molecule has 0 aliphatic heterocycles. The first kappa shape index (κ1) is 18.5. The Morgan fingerprint density at radius 2 is 1.78 bits per heavy atom. The van der Waals surface area contributed by atoms with Gasteiger partial charge in [-0.15, -0.1) is 0 Å². The first-order chi connectivity index (χ1) is 10.6. The van der Waals surface area contributed by atoms with E-state index in [0.29, 0.717) is 5.69 Å². The van der Waals surface area contributed by atoms with Gasteiger partial charge < -0.3 is 15.2 Å². The summed E-state index contributed by atoms with van der Waals surface area (Å²) in [6.07, 6.45) is -0.847. The molecule has 0 atom stereocenters. The minimum Gasteiger partial charge on any atom is -0.480 e. The van der Waals surface area contributed by atoms with Gasteiger partial charge in [0.15, 0.2) is 0 Å². The topological polar surface area (TPSA) is 95.9 Å². The number of carbonyl (C=O) groups is 3. The number of benzene rings is 1. The molecule has 1 aromatic carbocycles. The molecule has 0 aliphatic rings. The van der Waals surface area contributed by atoms with Crippen molar-refractivity contribution in [3.63, 3.8) is 0 Å². The number of aryl methyl sites for hydroxylation is 1. The van der Waals surface area contributed by atoms with Gasteiger partial charge in [0, 0.05) is 5.69 Å². The molecule has 0 heterocycles. The van der Waals surface area contributed by atoms with Gasteiger partial charge in [-0.3, -0.25) is 14.5 Å². The van der Waals surface area contributed by atoms with Crippen molar-refractivity contribution in [2.75, 3.05) is 18.4 Å². The summed E-state index contributed by atoms with van der Waals surface area (Å²) in [5, 5.41) is 11.5. The van der Waals surface area contributed by atoms with E-state index in [0.717, 1.165) is 10.5 Å². The van der Waals surface area contributed by atoms with Crippen LogP contribution in [0.5, 0.6) is 0 Å². The number of hydrogen-bond acceptors (Lipinski definition) is 4. The van der Waals surface area contributed by atoms with E-state index in [1.807, 2.05) is 19.1 Å². The predicted molar refractivity (Wildman–Crippen MR) is 85.3 cm³/mol. The molecule has 7 heteroatoms. The van der Waals surface area contributed by atoms with Crippen molar-refractivity contribution in [2.45, 2.75) is 33.3 Å². The van der Waals surface area contributed by atoms with Gasteiger partial charge in [-0.05, 0) is 39.3 Å². The van der Waals surface area contributed by atoms with E-state index in [1.165, 1.54) is 0 Å². The van der Waals surface area contributed by atoms with Gasteiger partial charge in [0.25, 0.3) is 0 Å². The van der Waals surface area contributed by atoms with E-state index in [4.69, 9.17) is 9.84 Å². The van der Waals surface area contributed by atoms with E-state index in [1.54, 1.807) is 32.9 Å². The quantitative estimate of drug-likeness (QED) is 0.867. The van der Waals surface area contributed by atoms with Gasteiger partial charge in [-0.2, -0.15) is 0 Å². The van der Waals surface area contributed by atoms with Gasteiger partial charge in [-0.1, -0.05) is 18.2 Å². The third-order valence-corrected chi connectivity index (χ3v) is 2.73. The summed E-state index contributed by atoms with van der Waals surface area (Å²) in [5.41, 5.74) is 0.695. The Labute approximate surface area is 135 Å². The highest BCUT2D eigenvalue weighted by molar-refractivity contribution is 5.95. The van der Waals surface area contributed by atoms with Crippen LogP contribution in [0.2, 0.25) is 0 Å². The molecule has 2 N–H and O–H groups in total. The SMILES string of the molecule is Cc1ccccc1NC(=O)CN(CC(=O)O)C(=O)OC(C)(C)C. The molecule has 0 bridgehead atoms. The van der Waals surface area contributed by atoms with Crippen molar-refractivity contribution >= 4 is 23.7 Å². The molecular weight excluding hydrogens is 300 g/mol. The average Bonchev–Trinajstić information content (AvgIpc) is 2.38. The monoisotopic (exact) mass is 322 g/mol. The van der Waals surface area contributed by atoms with Crippen molar-refractivity contribution in [3.05, 3.63) is 29.8 Å². The van der Waals surface area contributed by atoms with Crippen molar-refractivity contribution in [1.29, 1.82) is 0 Å². The number of rotatable bonds is 5. The highest BCUT2D eigenvalue weighted by Gasteiger charge is 2.25. The number of carboxylic acids is 1. The average molecular weight is 322 g/mol. The highest BCUT2D eigenvalue weighted by Crippen LogP contribution is 2.14. The number of amides is 2. The number of nitrogens with zero attached hydrogens (tertiary/aromatic N) is 1. The maximum absolute atomic E-state index is 12.1. The summed E-state index contributed by atoms with van der Waals surface area (Å²) < 4.78 is 5.12. The molecule has 0 aromatic heterocycles. The van der Waals surface area contributed by atoms with E-state index >= 15 is 0 Å². The number of para-hydroxylation sites is 1. The number of nitrogens with one attached hydrogen (secondary N) is 1. The lowest BCUT2D eigenvalue weighted by atomic mass is 10.2. The Kier molecular flexibility index (Phi) is 6.12. The standard InChI is InChI=1S/C16H22N2O5/c1-11-7-5-6-8-12(11)17-13(19)9-18(10-14(20)21)15(22)23-16(2,3)4/h5-8H,9-10H2,1-4H3,(H,17,19)(H,20,21). The zero-order valence-corrected chi connectivity index (χ0v) is 13.8. The number of ether oxygens (including phenoxy) is 1. The van der Waals surface area contributed by atoms with E-state index in [-0.39, 0.29) is 0 Å². The fraction of sp³-hybridized carbons (Fsp3) is 0.438. The van der Waals surface area contributed by atoms with Crippen LogP contribution in [0.1, 0.15) is 26.3 Å². The first-order valence-electron chi connectivity index (χ1n) is 7.13. The van der Waals surface area contributed by atoms with Crippen LogP contribution >= 0.6 is 0 Å². The summed E-state index contributed by atoms with van der Waals surface area (Å²) in [5.74, 6) is -1.72. The summed E-state index contributed by atoms with van der Waals surface area (Å²) in [6, 6.07) is 7.16. The molecule has 126 valence electrons. The molecule has 7 nitrogen and oxygen atoms in total. The Hall–Kier alpha value is -2.57. The van der Waals surface area contributed by atoms with Crippen LogP contribution in [0, 0.1) is 6.92 Å². The number of hydrogen-bond donors (Lipinski definition) is 2. The van der Waals surface area contributed by atoms with E-state index < -0.39 is 36.7 Å². The van der Waals surface area contributed by atoms with Gasteiger partial charge in [0.05, 0.1) is 0 Å². The summed E-state index contributed by atoms with van der Waals surface area (Å²) in [7, 11) is 0. The third-order valence-electron chi connectivity index (χ3n) is 2.73. The zero-order chi connectivity index (χ0) is 17.6. The minimum atomic E-state index is -1.22. The van der Waals surface area contributed by atoms with Crippen LogP contribution in [-0.4, -0.2) is 46.7 Å². The summed E-state index contributed by atoms with van der Waals surface area (Å²) >= 11 is 0. The highest BCUT2D eigenvalue weighted by atomic mass is 16.6. The van der Waals surface area contributed by atoms with Gasteiger partial charge in [-0.25, -0.2) is 4.79 Å². The molecule has 1 aromatic rings. The molecule has 0 aliphatic carbocycles. The lowest BCUT2D eigenvalue weighted by molar-refractivity contribution is -0.138. The molecule has 23 heavy (non-hydrogen) atoms. The number of aliphatic carboxylic acids is 1. The van der Waals surface area contributed by atoms with Gasteiger partial charge >= 0.3 is 12.1 Å². The smallest absolute Gasteiger partial charge is 0.411 e. The van der Waals surface area contributed by atoms with Crippen LogP contribution in [0.25, 0.3) is 0 Å². The maximum Gasteiger partial charge on any atom is 0.411 e. The molecule has 0 saturated carbocycles. The second-order valence-electron chi connectivity index (χ2n) is 6.09. The second-order valence-corrected chi connectivity index (χ2v) is 6.09. The van der Waals surface area contributed by atoms with Crippen molar-refractivity contribution in [3.8, 4) is 0 Å². The fourth-order valence-corrected chi connectivity index (χ4v) is 1.75. The van der Waals surface area contributed by atoms with Crippen LogP contribution in [0.15, 0.2) is 24.3 Å². The summed E-state index contributed by atoms with van der Waals surface area (Å²) in [4.78, 5) is 35.8. The fourth-order valence-electron chi connectivity index (χ4n) is 1.75. The molecular formula is C16H22N2O5. The zero-order valence-electron chi connectivity index (χ0n) is 13.8. The lowest BCUT2D eigenvalue weighted by Gasteiger charge is -2.26. The third kappa shape index (κ3) is 6.82. The van der Waals surface area contributed by atoms with Crippen molar-refractivity contribution in [2.24, 2.45) is 0 Å². The Bertz CT molecular complexity index is 592. The second kappa shape index (κ2) is 7.62. The van der Waals surface area contributed by atoms with Crippen molar-refractivity contribution < 1.29 is 24.2 Å². The molecule has 0 fully saturated rings. The normalized spacial score (nSPS) is 10.8. The molecule has 0 unspecified atom stereocenters. The number of carbonyl (C=O) groups excluding carboxylic acids is 2. The Morgan fingerprint density at radius 1 is 1.17 bits per heavy atom. The predicted octanol–water partition coefficient (Wildman–Crippen LogP) is 2.26. The van der Waals surface area contributed by atoms with E-state index in [2.05, 4.69) is 5.32 Å². The van der Waals surface area contributed by atoms with Crippen LogP contribution < -0.4 is 5.32 Å². The minimum absolute atomic E-state index is 0.407. The molecule has 2 amide bonds. The van der Waals surface area contributed by atoms with Crippen LogP contribution in [-0.2, 0) is 14.3 Å². The summed E-state index contributed by atoms with van der Waals surface area (Å²) in [6.45, 7) is 5.80. The maximum atomic E-state index is 12.1. The molecule has 0 radical (unpaired) electrons. The first-order valence-corrected chi connectivity index (χ1v) is 7.13. The molecule has 1 rings (SSSR count). The van der Waals surface area contributed by atoms with Crippen LogP contribution in [0.4, 0.5) is 10.5 Å². The molecule has 0 saturated heterocycles. The van der Waals surface area contributed by atoms with Gasteiger partial charge in [0.1, 0.15) is 18.7 Å². The lowest BCUT2D eigenvalue weighted by Crippen LogP contribution is -2.43. The Balaban J connectivity index is 2.76. The van der Waals surface area contributed by atoms with Crippen LogP contribution in [0.3, 0.4) is 0 Å². The molecule has 0 spiro atoms. The Morgan fingerprint density at radius 3 is 2.30 bits per heavy atom. The van der Waals surface area contributed by atoms with Gasteiger partial charge in [0.2, 0.25) is 5.91 Å². The number of anilines is 1.